The van der Waals surface area contributed by atoms with Crippen molar-refractivity contribution in [1.82, 2.24) is 0 Å². The maximum absolute atomic E-state index is 11.8. The zero-order valence-corrected chi connectivity index (χ0v) is 9.48. The maximum atomic E-state index is 11.8. The molecule has 0 spiro atoms. The molecule has 1 rings (SSSR count). The Labute approximate surface area is 93.9 Å². The average Bonchev–Trinajstić information content (AvgIpc) is 2.26. The van der Waals surface area contributed by atoms with Crippen LogP contribution in [-0.4, -0.2) is 24.0 Å². The standard InChI is InChI=1S/C12H14O4/c1-7-6-9(16-3)4-5-10(7)11(13)8(2)12(14)15/h4-6,8H,1-3H3,(H,14,15). The summed E-state index contributed by atoms with van der Waals surface area (Å²) in [5.41, 5.74) is 1.15. The molecule has 0 radical (unpaired) electrons. The maximum Gasteiger partial charge on any atom is 0.314 e. The normalized spacial score (nSPS) is 11.9. The Morgan fingerprint density at radius 2 is 2.00 bits per heavy atom. The number of Topliss-reactive ketones (excluding diaryl/α,β-unsaturated/α-hetero) is 1. The lowest BCUT2D eigenvalue weighted by Crippen LogP contribution is -2.21. The number of rotatable bonds is 4. The lowest BCUT2D eigenvalue weighted by Gasteiger charge is -2.09. The van der Waals surface area contributed by atoms with Crippen LogP contribution in [0.1, 0.15) is 22.8 Å². The SMILES string of the molecule is COc1ccc(C(=O)C(C)C(=O)O)c(C)c1. The monoisotopic (exact) mass is 222 g/mol. The molecule has 0 aliphatic rings. The van der Waals surface area contributed by atoms with Gasteiger partial charge in [-0.05, 0) is 37.6 Å². The minimum absolute atomic E-state index is 0.382. The first-order chi connectivity index (χ1) is 7.47. The highest BCUT2D eigenvalue weighted by Crippen LogP contribution is 2.19. The van der Waals surface area contributed by atoms with Crippen LogP contribution in [0.25, 0.3) is 0 Å². The molecular formula is C12H14O4. The molecule has 0 saturated heterocycles. The first-order valence-corrected chi connectivity index (χ1v) is 4.89. The van der Waals surface area contributed by atoms with Crippen molar-refractivity contribution in [2.75, 3.05) is 7.11 Å². The van der Waals surface area contributed by atoms with E-state index < -0.39 is 11.9 Å². The van der Waals surface area contributed by atoms with Gasteiger partial charge >= 0.3 is 5.97 Å². The van der Waals surface area contributed by atoms with Gasteiger partial charge in [0.05, 0.1) is 7.11 Å². The van der Waals surface area contributed by atoms with Crippen molar-refractivity contribution in [2.45, 2.75) is 13.8 Å². The number of carboxylic acids is 1. The molecule has 0 fully saturated rings. The first kappa shape index (κ1) is 12.2. The lowest BCUT2D eigenvalue weighted by molar-refractivity contribution is -0.139. The third-order valence-electron chi connectivity index (χ3n) is 2.46. The van der Waals surface area contributed by atoms with E-state index in [-0.39, 0.29) is 5.78 Å². The summed E-state index contributed by atoms with van der Waals surface area (Å²) in [5.74, 6) is -1.86. The number of carboxylic acid groups (broad SMARTS) is 1. The Morgan fingerprint density at radius 1 is 1.38 bits per heavy atom. The van der Waals surface area contributed by atoms with Gasteiger partial charge < -0.3 is 9.84 Å². The number of ketones is 1. The van der Waals surface area contributed by atoms with Crippen LogP contribution in [0, 0.1) is 12.8 Å². The number of carbonyl (C=O) groups excluding carboxylic acids is 1. The van der Waals surface area contributed by atoms with E-state index in [9.17, 15) is 9.59 Å². The van der Waals surface area contributed by atoms with Gasteiger partial charge in [-0.3, -0.25) is 9.59 Å². The summed E-state index contributed by atoms with van der Waals surface area (Å²) in [5, 5.41) is 8.76. The molecule has 0 amide bonds. The minimum atomic E-state index is -1.11. The summed E-state index contributed by atoms with van der Waals surface area (Å²) < 4.78 is 5.01. The number of aliphatic carboxylic acids is 1. The Bertz CT molecular complexity index is 423. The molecule has 4 nitrogen and oxygen atoms in total. The van der Waals surface area contributed by atoms with Crippen LogP contribution >= 0.6 is 0 Å². The Hall–Kier alpha value is -1.84. The third-order valence-corrected chi connectivity index (χ3v) is 2.46. The Kier molecular flexibility index (Phi) is 3.66. The number of benzene rings is 1. The van der Waals surface area contributed by atoms with Crippen LogP contribution < -0.4 is 4.74 Å². The predicted octanol–water partition coefficient (Wildman–Crippen LogP) is 1.91. The van der Waals surface area contributed by atoms with Crippen molar-refractivity contribution in [3.63, 3.8) is 0 Å². The molecule has 0 aliphatic carbocycles. The summed E-state index contributed by atoms with van der Waals surface area (Å²) >= 11 is 0. The molecular weight excluding hydrogens is 208 g/mol. The second-order valence-electron chi connectivity index (χ2n) is 3.61. The van der Waals surface area contributed by atoms with E-state index in [1.54, 1.807) is 25.1 Å². The van der Waals surface area contributed by atoms with E-state index in [1.807, 2.05) is 0 Å². The van der Waals surface area contributed by atoms with E-state index >= 15 is 0 Å². The molecule has 1 aromatic carbocycles. The van der Waals surface area contributed by atoms with Crippen LogP contribution in [0.3, 0.4) is 0 Å². The molecule has 0 heterocycles. The van der Waals surface area contributed by atoms with E-state index in [2.05, 4.69) is 0 Å². The van der Waals surface area contributed by atoms with Crippen LogP contribution in [0.5, 0.6) is 5.75 Å². The number of hydrogen-bond acceptors (Lipinski definition) is 3. The molecule has 1 atom stereocenters. The first-order valence-electron chi connectivity index (χ1n) is 4.89. The Balaban J connectivity index is 3.05. The zero-order chi connectivity index (χ0) is 12.3. The van der Waals surface area contributed by atoms with Gasteiger partial charge in [-0.15, -0.1) is 0 Å². The van der Waals surface area contributed by atoms with Gasteiger partial charge in [-0.25, -0.2) is 0 Å². The second-order valence-corrected chi connectivity index (χ2v) is 3.61. The molecule has 0 saturated carbocycles. The van der Waals surface area contributed by atoms with E-state index in [0.717, 1.165) is 5.56 Å². The smallest absolute Gasteiger partial charge is 0.314 e. The van der Waals surface area contributed by atoms with Gasteiger partial charge in [0, 0.05) is 5.56 Å². The summed E-state index contributed by atoms with van der Waals surface area (Å²) in [6.07, 6.45) is 0. The summed E-state index contributed by atoms with van der Waals surface area (Å²) in [6, 6.07) is 4.95. The molecule has 1 N–H and O–H groups in total. The van der Waals surface area contributed by atoms with Gasteiger partial charge in [0.15, 0.2) is 5.78 Å². The van der Waals surface area contributed by atoms with Crippen LogP contribution in [-0.2, 0) is 4.79 Å². The molecule has 0 bridgehead atoms. The van der Waals surface area contributed by atoms with Crippen LogP contribution in [0.4, 0.5) is 0 Å². The molecule has 4 heteroatoms. The predicted molar refractivity (Wildman–Crippen MR) is 58.9 cm³/mol. The van der Waals surface area contributed by atoms with Gasteiger partial charge in [-0.2, -0.15) is 0 Å². The fourth-order valence-electron chi connectivity index (χ4n) is 1.38. The number of methoxy groups -OCH3 is 1. The number of hydrogen-bond donors (Lipinski definition) is 1. The van der Waals surface area contributed by atoms with E-state index in [1.165, 1.54) is 14.0 Å². The largest absolute Gasteiger partial charge is 0.497 e. The Morgan fingerprint density at radius 3 is 2.44 bits per heavy atom. The molecule has 1 unspecified atom stereocenters. The molecule has 0 aliphatic heterocycles. The number of aryl methyl sites for hydroxylation is 1. The van der Waals surface area contributed by atoms with Gasteiger partial charge in [0.2, 0.25) is 0 Å². The number of ether oxygens (including phenoxy) is 1. The summed E-state index contributed by atoms with van der Waals surface area (Å²) in [4.78, 5) is 22.5. The van der Waals surface area contributed by atoms with Gasteiger partial charge in [-0.1, -0.05) is 0 Å². The highest BCUT2D eigenvalue weighted by Gasteiger charge is 2.23. The average molecular weight is 222 g/mol. The van der Waals surface area contributed by atoms with Crippen molar-refractivity contribution in [3.05, 3.63) is 29.3 Å². The van der Waals surface area contributed by atoms with Crippen molar-refractivity contribution in [2.24, 2.45) is 5.92 Å². The van der Waals surface area contributed by atoms with Gasteiger partial charge in [0.1, 0.15) is 11.7 Å². The van der Waals surface area contributed by atoms with Crippen molar-refractivity contribution < 1.29 is 19.4 Å². The third kappa shape index (κ3) is 2.39. The van der Waals surface area contributed by atoms with E-state index in [0.29, 0.717) is 11.3 Å². The summed E-state index contributed by atoms with van der Waals surface area (Å²) in [6.45, 7) is 3.14. The lowest BCUT2D eigenvalue weighted by atomic mass is 9.96. The van der Waals surface area contributed by atoms with E-state index in [4.69, 9.17) is 9.84 Å². The van der Waals surface area contributed by atoms with Gasteiger partial charge in [0.25, 0.3) is 0 Å². The molecule has 0 aromatic heterocycles. The van der Waals surface area contributed by atoms with Crippen molar-refractivity contribution in [1.29, 1.82) is 0 Å². The van der Waals surface area contributed by atoms with Crippen molar-refractivity contribution in [3.8, 4) is 5.75 Å². The molecule has 86 valence electrons. The quantitative estimate of drug-likeness (QED) is 0.624. The molecule has 1 aromatic rings. The molecule has 16 heavy (non-hydrogen) atoms. The summed E-state index contributed by atoms with van der Waals surface area (Å²) in [7, 11) is 1.54. The highest BCUT2D eigenvalue weighted by atomic mass is 16.5. The zero-order valence-electron chi connectivity index (χ0n) is 9.48. The minimum Gasteiger partial charge on any atom is -0.497 e. The topological polar surface area (TPSA) is 63.6 Å². The van der Waals surface area contributed by atoms with Crippen LogP contribution in [0.15, 0.2) is 18.2 Å². The fraction of sp³-hybridized carbons (Fsp3) is 0.333. The highest BCUT2D eigenvalue weighted by molar-refractivity contribution is 6.08. The fourth-order valence-corrected chi connectivity index (χ4v) is 1.38. The van der Waals surface area contributed by atoms with Crippen molar-refractivity contribution >= 4 is 11.8 Å². The number of carbonyl (C=O) groups is 2. The van der Waals surface area contributed by atoms with Crippen LogP contribution in [0.2, 0.25) is 0 Å². The second kappa shape index (κ2) is 4.79.